The molecule has 1 amide bonds. The van der Waals surface area contributed by atoms with Crippen LogP contribution in [0.15, 0.2) is 12.4 Å². The Labute approximate surface area is 140 Å². The van der Waals surface area contributed by atoms with Gasteiger partial charge in [-0.05, 0) is 19.3 Å². The zero-order valence-electron chi connectivity index (χ0n) is 13.8. The predicted octanol–water partition coefficient (Wildman–Crippen LogP) is 0.747. The highest BCUT2D eigenvalue weighted by Crippen LogP contribution is 2.23. The average molecular weight is 329 g/mol. The van der Waals surface area contributed by atoms with Crippen LogP contribution in [0.25, 0.3) is 0 Å². The second-order valence-corrected chi connectivity index (χ2v) is 6.75. The molecule has 2 aromatic rings. The van der Waals surface area contributed by atoms with Crippen LogP contribution < -0.4 is 5.73 Å². The Kier molecular flexibility index (Phi) is 4.05. The van der Waals surface area contributed by atoms with Crippen LogP contribution in [-0.2, 0) is 19.5 Å². The molecule has 1 saturated heterocycles. The van der Waals surface area contributed by atoms with Gasteiger partial charge in [-0.3, -0.25) is 14.4 Å². The summed E-state index contributed by atoms with van der Waals surface area (Å²) in [6.07, 6.45) is 9.05. The smallest absolute Gasteiger partial charge is 0.251 e. The van der Waals surface area contributed by atoms with Crippen molar-refractivity contribution in [2.45, 2.75) is 51.2 Å². The highest BCUT2D eigenvalue weighted by atomic mass is 16.1. The molecule has 128 valence electrons. The number of fused-ring (bicyclic) bond motifs is 1. The van der Waals surface area contributed by atoms with Crippen molar-refractivity contribution in [3.8, 4) is 0 Å². The third kappa shape index (κ3) is 2.93. The lowest BCUT2D eigenvalue weighted by molar-refractivity contribution is 0.1000. The molecule has 8 heteroatoms. The summed E-state index contributed by atoms with van der Waals surface area (Å²) in [4.78, 5) is 13.6. The third-order valence-corrected chi connectivity index (χ3v) is 5.06. The van der Waals surface area contributed by atoms with E-state index in [0.717, 1.165) is 50.7 Å². The van der Waals surface area contributed by atoms with Crippen molar-refractivity contribution in [2.24, 2.45) is 5.73 Å². The number of nitrogens with two attached hydrogens (primary N) is 1. The quantitative estimate of drug-likeness (QED) is 0.893. The van der Waals surface area contributed by atoms with Crippen molar-refractivity contribution in [3.05, 3.63) is 29.6 Å². The first-order chi connectivity index (χ1) is 11.7. The predicted molar refractivity (Wildman–Crippen MR) is 87.3 cm³/mol. The molecular formula is C16H23N7O. The van der Waals surface area contributed by atoms with Gasteiger partial charge in [-0.2, -0.15) is 5.10 Å². The number of rotatable bonds is 4. The van der Waals surface area contributed by atoms with Crippen LogP contribution in [0, 0.1) is 0 Å². The van der Waals surface area contributed by atoms with E-state index in [9.17, 15) is 4.79 Å². The summed E-state index contributed by atoms with van der Waals surface area (Å²) in [5.41, 5.74) is 5.77. The molecule has 2 aromatic heterocycles. The zero-order valence-corrected chi connectivity index (χ0v) is 13.8. The minimum atomic E-state index is -0.428. The second kappa shape index (κ2) is 6.35. The lowest BCUT2D eigenvalue weighted by Crippen LogP contribution is -2.24. The lowest BCUT2D eigenvalue weighted by Gasteiger charge is -2.16. The molecule has 0 aliphatic carbocycles. The average Bonchev–Trinajstić information content (AvgIpc) is 3.26. The van der Waals surface area contributed by atoms with Gasteiger partial charge in [0.1, 0.15) is 11.6 Å². The van der Waals surface area contributed by atoms with Gasteiger partial charge in [0.05, 0.1) is 24.3 Å². The summed E-state index contributed by atoms with van der Waals surface area (Å²) in [7, 11) is 0. The summed E-state index contributed by atoms with van der Waals surface area (Å²) < 4.78 is 4.17. The van der Waals surface area contributed by atoms with Crippen molar-refractivity contribution < 1.29 is 4.79 Å². The number of primary amides is 1. The molecule has 8 nitrogen and oxygen atoms in total. The zero-order chi connectivity index (χ0) is 16.5. The third-order valence-electron chi connectivity index (χ3n) is 5.06. The highest BCUT2D eigenvalue weighted by Gasteiger charge is 2.26. The molecule has 2 aliphatic rings. The topological polar surface area (TPSA) is 94.9 Å². The summed E-state index contributed by atoms with van der Waals surface area (Å²) in [5, 5.41) is 13.1. The number of hydrogen-bond donors (Lipinski definition) is 1. The number of carbonyl (C=O) groups excluding carboxylic acids is 1. The first-order valence-electron chi connectivity index (χ1n) is 8.68. The van der Waals surface area contributed by atoms with Crippen molar-refractivity contribution in [1.29, 1.82) is 0 Å². The Bertz CT molecular complexity index is 735. The second-order valence-electron chi connectivity index (χ2n) is 6.75. The maximum Gasteiger partial charge on any atom is 0.251 e. The Morgan fingerprint density at radius 2 is 2.17 bits per heavy atom. The van der Waals surface area contributed by atoms with E-state index in [1.165, 1.54) is 19.3 Å². The minimum absolute atomic E-state index is 0.282. The first-order valence-corrected chi connectivity index (χ1v) is 8.68. The van der Waals surface area contributed by atoms with Crippen LogP contribution in [0.5, 0.6) is 0 Å². The molecule has 0 radical (unpaired) electrons. The van der Waals surface area contributed by atoms with Crippen LogP contribution in [0.2, 0.25) is 0 Å². The van der Waals surface area contributed by atoms with E-state index in [0.29, 0.717) is 5.56 Å². The molecule has 1 unspecified atom stereocenters. The minimum Gasteiger partial charge on any atom is -0.366 e. The van der Waals surface area contributed by atoms with Gasteiger partial charge in [0, 0.05) is 32.3 Å². The van der Waals surface area contributed by atoms with E-state index < -0.39 is 5.91 Å². The number of hydrogen-bond acceptors (Lipinski definition) is 5. The molecule has 0 spiro atoms. The number of nitrogens with zero attached hydrogens (tertiary/aromatic N) is 6. The molecule has 1 atom stereocenters. The van der Waals surface area contributed by atoms with Crippen LogP contribution >= 0.6 is 0 Å². The monoisotopic (exact) mass is 329 g/mol. The van der Waals surface area contributed by atoms with Crippen molar-refractivity contribution in [1.82, 2.24) is 29.4 Å². The van der Waals surface area contributed by atoms with Gasteiger partial charge in [0.2, 0.25) is 0 Å². The van der Waals surface area contributed by atoms with E-state index in [4.69, 9.17) is 5.73 Å². The molecule has 0 saturated carbocycles. The maximum absolute atomic E-state index is 11.2. The SMILES string of the molecule is NC(=O)c1cnn(C2CCN(Cc3nnc4n3CCCCC4)C2)c1. The van der Waals surface area contributed by atoms with Gasteiger partial charge in [-0.1, -0.05) is 6.42 Å². The number of aryl methyl sites for hydroxylation is 1. The largest absolute Gasteiger partial charge is 0.366 e. The van der Waals surface area contributed by atoms with E-state index in [1.807, 2.05) is 4.68 Å². The van der Waals surface area contributed by atoms with E-state index >= 15 is 0 Å². The van der Waals surface area contributed by atoms with Gasteiger partial charge in [-0.25, -0.2) is 0 Å². The number of carbonyl (C=O) groups is 1. The fourth-order valence-corrected chi connectivity index (χ4v) is 3.70. The Balaban J connectivity index is 1.42. The normalized spacial score (nSPS) is 21.6. The first kappa shape index (κ1) is 15.3. The van der Waals surface area contributed by atoms with Crippen LogP contribution in [0.4, 0.5) is 0 Å². The molecule has 4 heterocycles. The van der Waals surface area contributed by atoms with Gasteiger partial charge < -0.3 is 10.3 Å². The number of amides is 1. The Morgan fingerprint density at radius 3 is 3.00 bits per heavy atom. The van der Waals surface area contributed by atoms with E-state index in [2.05, 4.69) is 24.8 Å². The molecule has 1 fully saturated rings. The lowest BCUT2D eigenvalue weighted by atomic mass is 10.2. The molecule has 0 bridgehead atoms. The standard InChI is InChI=1S/C16H23N7O/c17-16(24)12-8-18-23(9-12)13-5-7-21(10-13)11-15-20-19-14-4-2-1-3-6-22(14)15/h8-9,13H,1-7,10-11H2,(H2,17,24). The molecule has 24 heavy (non-hydrogen) atoms. The molecule has 4 rings (SSSR count). The molecule has 2 aliphatic heterocycles. The summed E-state index contributed by atoms with van der Waals surface area (Å²) >= 11 is 0. The maximum atomic E-state index is 11.2. The summed E-state index contributed by atoms with van der Waals surface area (Å²) in [5.74, 6) is 1.78. The molecular weight excluding hydrogens is 306 g/mol. The van der Waals surface area contributed by atoms with Crippen molar-refractivity contribution in [2.75, 3.05) is 13.1 Å². The number of likely N-dealkylation sites (tertiary alicyclic amines) is 1. The Hall–Kier alpha value is -2.22. The molecule has 2 N–H and O–H groups in total. The van der Waals surface area contributed by atoms with E-state index in [1.54, 1.807) is 12.4 Å². The van der Waals surface area contributed by atoms with Gasteiger partial charge in [0.15, 0.2) is 0 Å². The fourth-order valence-electron chi connectivity index (χ4n) is 3.70. The van der Waals surface area contributed by atoms with Gasteiger partial charge >= 0.3 is 0 Å². The summed E-state index contributed by atoms with van der Waals surface area (Å²) in [6.45, 7) is 3.77. The van der Waals surface area contributed by atoms with Crippen LogP contribution in [0.1, 0.15) is 53.7 Å². The Morgan fingerprint density at radius 1 is 1.25 bits per heavy atom. The fraction of sp³-hybridized carbons (Fsp3) is 0.625. The van der Waals surface area contributed by atoms with Gasteiger partial charge in [0.25, 0.3) is 5.91 Å². The van der Waals surface area contributed by atoms with Crippen molar-refractivity contribution in [3.63, 3.8) is 0 Å². The highest BCUT2D eigenvalue weighted by molar-refractivity contribution is 5.92. The van der Waals surface area contributed by atoms with Crippen molar-refractivity contribution >= 4 is 5.91 Å². The van der Waals surface area contributed by atoms with Gasteiger partial charge in [-0.15, -0.1) is 10.2 Å². The van der Waals surface area contributed by atoms with Crippen LogP contribution in [0.3, 0.4) is 0 Å². The van der Waals surface area contributed by atoms with E-state index in [-0.39, 0.29) is 6.04 Å². The number of aromatic nitrogens is 5. The summed E-state index contributed by atoms with van der Waals surface area (Å²) in [6, 6.07) is 0.282. The molecule has 0 aromatic carbocycles. The van der Waals surface area contributed by atoms with Crippen LogP contribution in [-0.4, -0.2) is 48.4 Å².